The average molecular weight is 429 g/mol. The van der Waals surface area contributed by atoms with Gasteiger partial charge < -0.3 is 5.32 Å². The molecule has 0 spiro atoms. The van der Waals surface area contributed by atoms with Crippen LogP contribution in [0.1, 0.15) is 27.3 Å². The van der Waals surface area contributed by atoms with Gasteiger partial charge in [-0.2, -0.15) is 0 Å². The summed E-state index contributed by atoms with van der Waals surface area (Å²) in [4.78, 5) is 12.3. The Morgan fingerprint density at radius 1 is 0.903 bits per heavy atom. The van der Waals surface area contributed by atoms with E-state index in [0.29, 0.717) is 18.5 Å². The number of carbonyl (C=O) groups is 1. The van der Waals surface area contributed by atoms with Crippen molar-refractivity contribution in [1.29, 1.82) is 0 Å². The van der Waals surface area contributed by atoms with Gasteiger partial charge in [-0.3, -0.25) is 9.36 Å². The zero-order valence-corrected chi connectivity index (χ0v) is 18.2. The number of benzene rings is 3. The number of carbonyl (C=O) groups excluding carboxylic acids is 1. The van der Waals surface area contributed by atoms with Crippen molar-refractivity contribution in [2.24, 2.45) is 0 Å². The summed E-state index contributed by atoms with van der Waals surface area (Å²) in [5.74, 6) is 1.56. The lowest BCUT2D eigenvalue weighted by molar-refractivity contribution is 0.0954. The third-order valence-electron chi connectivity index (χ3n) is 4.87. The molecule has 1 heterocycles. The highest BCUT2D eigenvalue weighted by Crippen LogP contribution is 2.25. The maximum atomic E-state index is 12.3. The number of thioether (sulfide) groups is 1. The van der Waals surface area contributed by atoms with Gasteiger partial charge in [0.25, 0.3) is 5.91 Å². The van der Waals surface area contributed by atoms with E-state index >= 15 is 0 Å². The Hall–Kier alpha value is -3.38. The number of para-hydroxylation sites is 1. The SMILES string of the molecule is Cc1ccc(CSc2nnc(CCNC(=O)c3ccccc3)n2-c2ccccc2)cc1. The molecule has 0 aliphatic carbocycles. The Balaban J connectivity index is 1.48. The fourth-order valence-electron chi connectivity index (χ4n) is 3.20. The Bertz CT molecular complexity index is 1130. The lowest BCUT2D eigenvalue weighted by Gasteiger charge is -2.11. The molecular formula is C25H24N4OS. The van der Waals surface area contributed by atoms with E-state index in [1.165, 1.54) is 11.1 Å². The molecule has 0 unspecified atom stereocenters. The molecule has 1 aromatic heterocycles. The number of hydrogen-bond donors (Lipinski definition) is 1. The molecule has 0 radical (unpaired) electrons. The summed E-state index contributed by atoms with van der Waals surface area (Å²) in [6, 6.07) is 27.9. The Morgan fingerprint density at radius 2 is 1.58 bits per heavy atom. The second-order valence-corrected chi connectivity index (χ2v) is 8.16. The van der Waals surface area contributed by atoms with Crippen LogP contribution in [0, 0.1) is 6.92 Å². The summed E-state index contributed by atoms with van der Waals surface area (Å²) in [7, 11) is 0. The molecule has 1 amide bonds. The van der Waals surface area contributed by atoms with Crippen molar-refractivity contribution in [1.82, 2.24) is 20.1 Å². The lowest BCUT2D eigenvalue weighted by atomic mass is 10.2. The second-order valence-electron chi connectivity index (χ2n) is 7.22. The maximum Gasteiger partial charge on any atom is 0.251 e. The quantitative estimate of drug-likeness (QED) is 0.408. The van der Waals surface area contributed by atoms with Crippen LogP contribution in [0.2, 0.25) is 0 Å². The van der Waals surface area contributed by atoms with E-state index in [1.54, 1.807) is 11.8 Å². The maximum absolute atomic E-state index is 12.3. The fourth-order valence-corrected chi connectivity index (χ4v) is 4.13. The molecule has 0 aliphatic rings. The van der Waals surface area contributed by atoms with Gasteiger partial charge in [-0.25, -0.2) is 0 Å². The minimum absolute atomic E-state index is 0.0830. The van der Waals surface area contributed by atoms with Crippen LogP contribution < -0.4 is 5.32 Å². The van der Waals surface area contributed by atoms with E-state index in [0.717, 1.165) is 22.4 Å². The van der Waals surface area contributed by atoms with Gasteiger partial charge in [-0.1, -0.05) is 78.0 Å². The highest BCUT2D eigenvalue weighted by atomic mass is 32.2. The number of nitrogens with zero attached hydrogens (tertiary/aromatic N) is 3. The van der Waals surface area contributed by atoms with Crippen molar-refractivity contribution >= 4 is 17.7 Å². The van der Waals surface area contributed by atoms with Crippen molar-refractivity contribution in [3.63, 3.8) is 0 Å². The van der Waals surface area contributed by atoms with Crippen molar-refractivity contribution < 1.29 is 4.79 Å². The normalized spacial score (nSPS) is 10.7. The highest BCUT2D eigenvalue weighted by Gasteiger charge is 2.15. The van der Waals surface area contributed by atoms with E-state index in [9.17, 15) is 4.79 Å². The molecular weight excluding hydrogens is 404 g/mol. The molecule has 4 rings (SSSR count). The third-order valence-corrected chi connectivity index (χ3v) is 5.87. The molecule has 1 N–H and O–H groups in total. The highest BCUT2D eigenvalue weighted by molar-refractivity contribution is 7.98. The minimum Gasteiger partial charge on any atom is -0.352 e. The van der Waals surface area contributed by atoms with Crippen molar-refractivity contribution in [3.8, 4) is 5.69 Å². The summed E-state index contributed by atoms with van der Waals surface area (Å²) >= 11 is 1.66. The number of hydrogen-bond acceptors (Lipinski definition) is 4. The topological polar surface area (TPSA) is 59.8 Å². The van der Waals surface area contributed by atoms with Crippen LogP contribution in [-0.4, -0.2) is 27.2 Å². The zero-order chi connectivity index (χ0) is 21.5. The third kappa shape index (κ3) is 5.41. The van der Waals surface area contributed by atoms with Crippen LogP contribution in [0.4, 0.5) is 0 Å². The van der Waals surface area contributed by atoms with Gasteiger partial charge in [0.1, 0.15) is 5.82 Å². The average Bonchev–Trinajstić information content (AvgIpc) is 3.22. The minimum atomic E-state index is -0.0830. The summed E-state index contributed by atoms with van der Waals surface area (Å²) in [5, 5.41) is 12.7. The van der Waals surface area contributed by atoms with Gasteiger partial charge in [-0.05, 0) is 36.8 Å². The van der Waals surface area contributed by atoms with E-state index in [4.69, 9.17) is 0 Å². The van der Waals surface area contributed by atoms with Crippen LogP contribution in [0.25, 0.3) is 5.69 Å². The van der Waals surface area contributed by atoms with E-state index in [2.05, 4.69) is 51.3 Å². The van der Waals surface area contributed by atoms with E-state index < -0.39 is 0 Å². The molecule has 31 heavy (non-hydrogen) atoms. The first-order chi connectivity index (χ1) is 15.2. The predicted molar refractivity (Wildman–Crippen MR) is 125 cm³/mol. The van der Waals surface area contributed by atoms with Crippen molar-refractivity contribution in [3.05, 3.63) is 107 Å². The molecule has 156 valence electrons. The molecule has 0 bridgehead atoms. The monoisotopic (exact) mass is 428 g/mol. The smallest absolute Gasteiger partial charge is 0.251 e. The number of nitrogens with one attached hydrogen (secondary N) is 1. The molecule has 6 heteroatoms. The summed E-state index contributed by atoms with van der Waals surface area (Å²) in [5.41, 5.74) is 4.17. The van der Waals surface area contributed by atoms with Crippen molar-refractivity contribution in [2.45, 2.75) is 24.3 Å². The molecule has 0 saturated heterocycles. The lowest BCUT2D eigenvalue weighted by Crippen LogP contribution is -2.26. The van der Waals surface area contributed by atoms with Crippen molar-refractivity contribution in [2.75, 3.05) is 6.54 Å². The Labute approximate surface area is 186 Å². The second kappa shape index (κ2) is 10.1. The van der Waals surface area contributed by atoms with Crippen LogP contribution >= 0.6 is 11.8 Å². The zero-order valence-electron chi connectivity index (χ0n) is 17.4. The van der Waals surface area contributed by atoms with Gasteiger partial charge >= 0.3 is 0 Å². The van der Waals surface area contributed by atoms with E-state index in [-0.39, 0.29) is 5.91 Å². The molecule has 0 fully saturated rings. The van der Waals surface area contributed by atoms with Crippen LogP contribution in [0.15, 0.2) is 90.1 Å². The molecule has 0 atom stereocenters. The molecule has 4 aromatic rings. The first kappa shape index (κ1) is 20.9. The first-order valence-electron chi connectivity index (χ1n) is 10.2. The Morgan fingerprint density at radius 3 is 2.29 bits per heavy atom. The molecule has 0 aliphatic heterocycles. The number of aryl methyl sites for hydroxylation is 1. The van der Waals surface area contributed by atoms with Gasteiger partial charge in [-0.15, -0.1) is 10.2 Å². The largest absolute Gasteiger partial charge is 0.352 e. The molecule has 5 nitrogen and oxygen atoms in total. The number of amides is 1. The number of aromatic nitrogens is 3. The van der Waals surface area contributed by atoms with E-state index in [1.807, 2.05) is 60.7 Å². The first-order valence-corrected chi connectivity index (χ1v) is 11.2. The summed E-state index contributed by atoms with van der Waals surface area (Å²) in [6.07, 6.45) is 0.589. The van der Waals surface area contributed by atoms with Crippen LogP contribution in [0.3, 0.4) is 0 Å². The molecule has 0 saturated carbocycles. The van der Waals surface area contributed by atoms with Crippen LogP contribution in [-0.2, 0) is 12.2 Å². The predicted octanol–water partition coefficient (Wildman–Crippen LogP) is 4.84. The van der Waals surface area contributed by atoms with Gasteiger partial charge in [0.05, 0.1) is 0 Å². The van der Waals surface area contributed by atoms with Gasteiger partial charge in [0, 0.05) is 30.0 Å². The van der Waals surface area contributed by atoms with Gasteiger partial charge in [0.15, 0.2) is 5.16 Å². The Kier molecular flexibility index (Phi) is 6.79. The summed E-state index contributed by atoms with van der Waals surface area (Å²) in [6.45, 7) is 2.58. The van der Waals surface area contributed by atoms with Gasteiger partial charge in [0.2, 0.25) is 0 Å². The van der Waals surface area contributed by atoms with Crippen LogP contribution in [0.5, 0.6) is 0 Å². The fraction of sp³-hybridized carbons (Fsp3) is 0.160. The standard InChI is InChI=1S/C25H24N4OS/c1-19-12-14-20(15-13-19)18-31-25-28-27-23(29(25)22-10-6-3-7-11-22)16-17-26-24(30)21-8-4-2-5-9-21/h2-15H,16-18H2,1H3,(H,26,30). The summed E-state index contributed by atoms with van der Waals surface area (Å²) < 4.78 is 2.08. The number of rotatable bonds is 8. The molecule has 3 aromatic carbocycles.